The van der Waals surface area contributed by atoms with Gasteiger partial charge in [-0.2, -0.15) is 4.99 Å². The number of aliphatic imine (C=N–C) groups is 1. The lowest BCUT2D eigenvalue weighted by molar-refractivity contribution is 0.256. The standard InChI is InChI=1S/C12H14N2O2/c1-16-11-4-3-9(7-10(11)13)12(14-8-15)5-2-6-12/h3-4,7H,2,5-6,13H2,1H3. The fraction of sp³-hybridized carbons (Fsp3) is 0.417. The van der Waals surface area contributed by atoms with Gasteiger partial charge in [0, 0.05) is 0 Å². The Morgan fingerprint density at radius 2 is 2.25 bits per heavy atom. The maximum Gasteiger partial charge on any atom is 0.235 e. The molecule has 0 radical (unpaired) electrons. The first kappa shape index (κ1) is 10.7. The van der Waals surface area contributed by atoms with Crippen molar-refractivity contribution in [3.8, 4) is 5.75 Å². The van der Waals surface area contributed by atoms with Gasteiger partial charge in [0.05, 0.1) is 18.3 Å². The van der Waals surface area contributed by atoms with Crippen LogP contribution in [0.15, 0.2) is 23.2 Å². The van der Waals surface area contributed by atoms with Crippen LogP contribution in [0.25, 0.3) is 0 Å². The van der Waals surface area contributed by atoms with E-state index < -0.39 is 0 Å². The van der Waals surface area contributed by atoms with Crippen molar-refractivity contribution < 1.29 is 9.53 Å². The summed E-state index contributed by atoms with van der Waals surface area (Å²) in [6.07, 6.45) is 4.51. The van der Waals surface area contributed by atoms with Crippen LogP contribution < -0.4 is 10.5 Å². The largest absolute Gasteiger partial charge is 0.495 e. The van der Waals surface area contributed by atoms with Gasteiger partial charge in [0.25, 0.3) is 0 Å². The molecule has 1 aromatic carbocycles. The van der Waals surface area contributed by atoms with Crippen LogP contribution in [0.1, 0.15) is 24.8 Å². The van der Waals surface area contributed by atoms with E-state index in [0.29, 0.717) is 11.4 Å². The number of hydrogen-bond acceptors (Lipinski definition) is 4. The van der Waals surface area contributed by atoms with Gasteiger partial charge in [-0.1, -0.05) is 6.07 Å². The Hall–Kier alpha value is -1.80. The van der Waals surface area contributed by atoms with Gasteiger partial charge in [0.15, 0.2) is 0 Å². The summed E-state index contributed by atoms with van der Waals surface area (Å²) in [5.74, 6) is 0.647. The number of benzene rings is 1. The Morgan fingerprint density at radius 1 is 1.50 bits per heavy atom. The monoisotopic (exact) mass is 218 g/mol. The Labute approximate surface area is 94.1 Å². The van der Waals surface area contributed by atoms with Crippen molar-refractivity contribution in [1.29, 1.82) is 0 Å². The number of nitrogens with zero attached hydrogens (tertiary/aromatic N) is 1. The number of rotatable bonds is 3. The van der Waals surface area contributed by atoms with Crippen LogP contribution in [0.3, 0.4) is 0 Å². The van der Waals surface area contributed by atoms with E-state index in [1.54, 1.807) is 13.2 Å². The SMILES string of the molecule is COc1ccc(C2(N=C=O)CCC2)cc1N. The molecule has 0 saturated heterocycles. The zero-order valence-electron chi connectivity index (χ0n) is 9.19. The second-order valence-electron chi connectivity index (χ2n) is 4.04. The molecule has 16 heavy (non-hydrogen) atoms. The lowest BCUT2D eigenvalue weighted by Crippen LogP contribution is -2.31. The number of nitrogen functional groups attached to an aromatic ring is 1. The lowest BCUT2D eigenvalue weighted by Gasteiger charge is -2.37. The van der Waals surface area contributed by atoms with E-state index in [-0.39, 0.29) is 5.54 Å². The van der Waals surface area contributed by atoms with Crippen LogP contribution in [-0.2, 0) is 10.3 Å². The van der Waals surface area contributed by atoms with Crippen molar-refractivity contribution in [2.45, 2.75) is 24.8 Å². The maximum atomic E-state index is 10.4. The van der Waals surface area contributed by atoms with Crippen molar-refractivity contribution >= 4 is 11.8 Å². The van der Waals surface area contributed by atoms with Crippen LogP contribution in [0.2, 0.25) is 0 Å². The van der Waals surface area contributed by atoms with Crippen molar-refractivity contribution in [3.05, 3.63) is 23.8 Å². The van der Waals surface area contributed by atoms with Crippen molar-refractivity contribution in [2.75, 3.05) is 12.8 Å². The molecule has 0 atom stereocenters. The summed E-state index contributed by atoms with van der Waals surface area (Å²) in [6, 6.07) is 5.55. The number of methoxy groups -OCH3 is 1. The van der Waals surface area contributed by atoms with Gasteiger partial charge < -0.3 is 10.5 Å². The lowest BCUT2D eigenvalue weighted by atomic mass is 9.72. The average molecular weight is 218 g/mol. The van der Waals surface area contributed by atoms with E-state index in [1.165, 1.54) is 0 Å². The van der Waals surface area contributed by atoms with Crippen LogP contribution in [0, 0.1) is 0 Å². The van der Waals surface area contributed by atoms with Gasteiger partial charge in [-0.3, -0.25) is 0 Å². The Bertz CT molecular complexity index is 446. The van der Waals surface area contributed by atoms with Gasteiger partial charge in [0.2, 0.25) is 6.08 Å². The normalized spacial score (nSPS) is 17.1. The summed E-state index contributed by atoms with van der Waals surface area (Å²) in [5, 5.41) is 0. The third-order valence-electron chi connectivity index (χ3n) is 3.21. The fourth-order valence-electron chi connectivity index (χ4n) is 2.09. The molecule has 84 valence electrons. The molecule has 0 amide bonds. The third kappa shape index (κ3) is 1.57. The fourth-order valence-corrected chi connectivity index (χ4v) is 2.09. The van der Waals surface area contributed by atoms with E-state index in [1.807, 2.05) is 18.2 Å². The zero-order valence-corrected chi connectivity index (χ0v) is 9.19. The van der Waals surface area contributed by atoms with Gasteiger partial charge in [0.1, 0.15) is 5.75 Å². The average Bonchev–Trinajstić information content (AvgIpc) is 2.23. The number of carbonyl (C=O) groups excluding carboxylic acids is 1. The van der Waals surface area contributed by atoms with Crippen LogP contribution in [-0.4, -0.2) is 13.2 Å². The molecular formula is C12H14N2O2. The van der Waals surface area contributed by atoms with E-state index in [0.717, 1.165) is 24.8 Å². The number of isocyanates is 1. The summed E-state index contributed by atoms with van der Waals surface area (Å²) in [7, 11) is 1.58. The molecule has 0 bridgehead atoms. The van der Waals surface area contributed by atoms with Crippen LogP contribution in [0.5, 0.6) is 5.75 Å². The molecule has 1 aliphatic rings. The topological polar surface area (TPSA) is 64.7 Å². The molecule has 2 rings (SSSR count). The molecule has 0 spiro atoms. The van der Waals surface area contributed by atoms with Gasteiger partial charge >= 0.3 is 0 Å². The van der Waals surface area contributed by atoms with Crippen LogP contribution >= 0.6 is 0 Å². The Kier molecular flexibility index (Phi) is 2.67. The molecule has 4 nitrogen and oxygen atoms in total. The smallest absolute Gasteiger partial charge is 0.235 e. The number of nitrogens with two attached hydrogens (primary N) is 1. The summed E-state index contributed by atoms with van der Waals surface area (Å²) in [5.41, 5.74) is 7.00. The first-order valence-electron chi connectivity index (χ1n) is 5.25. The second-order valence-corrected chi connectivity index (χ2v) is 4.04. The minimum absolute atomic E-state index is 0.387. The van der Waals surface area contributed by atoms with Crippen LogP contribution in [0.4, 0.5) is 5.69 Å². The van der Waals surface area contributed by atoms with Gasteiger partial charge in [-0.25, -0.2) is 4.79 Å². The molecule has 4 heteroatoms. The van der Waals surface area contributed by atoms with E-state index in [2.05, 4.69) is 4.99 Å². The molecule has 1 saturated carbocycles. The highest BCUT2D eigenvalue weighted by Crippen LogP contribution is 2.45. The molecule has 0 aromatic heterocycles. The molecule has 0 heterocycles. The van der Waals surface area contributed by atoms with Gasteiger partial charge in [-0.15, -0.1) is 0 Å². The van der Waals surface area contributed by atoms with E-state index >= 15 is 0 Å². The quantitative estimate of drug-likeness (QED) is 0.479. The molecule has 0 unspecified atom stereocenters. The highest BCUT2D eigenvalue weighted by molar-refractivity contribution is 5.56. The van der Waals surface area contributed by atoms with Crippen molar-refractivity contribution in [2.24, 2.45) is 4.99 Å². The molecular weight excluding hydrogens is 204 g/mol. The van der Waals surface area contributed by atoms with E-state index in [9.17, 15) is 4.79 Å². The molecule has 1 aliphatic carbocycles. The number of anilines is 1. The summed E-state index contributed by atoms with van der Waals surface area (Å²) in [6.45, 7) is 0. The second kappa shape index (κ2) is 3.99. The maximum absolute atomic E-state index is 10.4. The first-order chi connectivity index (χ1) is 7.72. The molecule has 2 N–H and O–H groups in total. The van der Waals surface area contributed by atoms with Crippen molar-refractivity contribution in [3.63, 3.8) is 0 Å². The number of ether oxygens (including phenoxy) is 1. The minimum atomic E-state index is -0.387. The summed E-state index contributed by atoms with van der Waals surface area (Å²) < 4.78 is 5.09. The van der Waals surface area contributed by atoms with Gasteiger partial charge in [-0.05, 0) is 37.0 Å². The number of hydrogen-bond donors (Lipinski definition) is 1. The zero-order chi connectivity index (χ0) is 11.6. The highest BCUT2D eigenvalue weighted by Gasteiger charge is 2.39. The summed E-state index contributed by atoms with van der Waals surface area (Å²) in [4.78, 5) is 14.4. The summed E-state index contributed by atoms with van der Waals surface area (Å²) >= 11 is 0. The highest BCUT2D eigenvalue weighted by atomic mass is 16.5. The predicted molar refractivity (Wildman–Crippen MR) is 61.1 cm³/mol. The molecule has 0 aliphatic heterocycles. The first-order valence-corrected chi connectivity index (χ1v) is 5.25. The molecule has 1 fully saturated rings. The Morgan fingerprint density at radius 3 is 2.69 bits per heavy atom. The van der Waals surface area contributed by atoms with E-state index in [4.69, 9.17) is 10.5 Å². The minimum Gasteiger partial charge on any atom is -0.495 e. The van der Waals surface area contributed by atoms with Crippen molar-refractivity contribution in [1.82, 2.24) is 0 Å². The predicted octanol–water partition coefficient (Wildman–Crippen LogP) is 1.99. The third-order valence-corrected chi connectivity index (χ3v) is 3.21. The molecule has 1 aromatic rings. The Balaban J connectivity index is 2.40.